The van der Waals surface area contributed by atoms with E-state index < -0.39 is 10.0 Å². The Balaban J connectivity index is 1.42. The smallest absolute Gasteiger partial charge is 0.243 e. The Hall–Kier alpha value is -2.03. The van der Waals surface area contributed by atoms with E-state index >= 15 is 0 Å². The van der Waals surface area contributed by atoms with Crippen LogP contribution in [0.25, 0.3) is 0 Å². The fourth-order valence-electron chi connectivity index (χ4n) is 3.99. The Labute approximate surface area is 182 Å². The third-order valence-corrected chi connectivity index (χ3v) is 8.53. The van der Waals surface area contributed by atoms with Crippen LogP contribution in [-0.4, -0.2) is 50.6 Å². The summed E-state index contributed by atoms with van der Waals surface area (Å²) in [5, 5.41) is 0. The first-order valence-corrected chi connectivity index (χ1v) is 12.7. The van der Waals surface area contributed by atoms with Crippen LogP contribution in [0.5, 0.6) is 5.75 Å². The molecule has 1 amide bonds. The number of fused-ring (bicyclic) bond motifs is 1. The Kier molecular flexibility index (Phi) is 6.36. The van der Waals surface area contributed by atoms with E-state index in [0.29, 0.717) is 44.8 Å². The minimum atomic E-state index is -3.57. The van der Waals surface area contributed by atoms with Crippen molar-refractivity contribution in [3.63, 3.8) is 0 Å². The monoisotopic (exact) mass is 446 g/mol. The van der Waals surface area contributed by atoms with E-state index in [-0.39, 0.29) is 16.7 Å². The third kappa shape index (κ3) is 4.22. The van der Waals surface area contributed by atoms with Crippen LogP contribution in [0.3, 0.4) is 0 Å². The molecule has 6 nitrogen and oxygen atoms in total. The molecule has 0 saturated carbocycles. The molecule has 4 rings (SSSR count). The molecule has 2 aromatic rings. The number of carbonyl (C=O) groups excluding carboxylic acids is 1. The highest BCUT2D eigenvalue weighted by Crippen LogP contribution is 2.36. The summed E-state index contributed by atoms with van der Waals surface area (Å²) >= 11 is 1.77. The van der Waals surface area contributed by atoms with Crippen molar-refractivity contribution >= 4 is 33.4 Å². The Morgan fingerprint density at radius 1 is 1.07 bits per heavy atom. The molecule has 30 heavy (non-hydrogen) atoms. The molecule has 160 valence electrons. The Morgan fingerprint density at radius 3 is 2.47 bits per heavy atom. The second kappa shape index (κ2) is 8.99. The van der Waals surface area contributed by atoms with Gasteiger partial charge >= 0.3 is 0 Å². The first kappa shape index (κ1) is 21.2. The zero-order valence-electron chi connectivity index (χ0n) is 17.0. The summed E-state index contributed by atoms with van der Waals surface area (Å²) in [6.07, 6.45) is 1.09. The van der Waals surface area contributed by atoms with Crippen LogP contribution in [0.2, 0.25) is 0 Å². The molecule has 0 aromatic heterocycles. The number of rotatable bonds is 5. The molecule has 0 unspecified atom stereocenters. The fraction of sp³-hybridized carbons (Fsp3) is 0.409. The van der Waals surface area contributed by atoms with E-state index in [1.165, 1.54) is 4.31 Å². The average Bonchev–Trinajstić information content (AvgIpc) is 2.79. The number of benzene rings is 2. The maximum atomic E-state index is 13.2. The quantitative estimate of drug-likeness (QED) is 0.702. The van der Waals surface area contributed by atoms with E-state index in [1.54, 1.807) is 36.0 Å². The first-order valence-electron chi connectivity index (χ1n) is 10.3. The average molecular weight is 447 g/mol. The van der Waals surface area contributed by atoms with Crippen LogP contribution in [-0.2, 0) is 14.8 Å². The van der Waals surface area contributed by atoms with Crippen LogP contribution in [0, 0.1) is 5.92 Å². The zero-order valence-corrected chi connectivity index (χ0v) is 18.6. The molecular formula is C22H26N2O4S2. The van der Waals surface area contributed by atoms with Crippen LogP contribution in [0.1, 0.15) is 19.8 Å². The van der Waals surface area contributed by atoms with E-state index in [9.17, 15) is 13.2 Å². The lowest BCUT2D eigenvalue weighted by Gasteiger charge is -2.35. The first-order chi connectivity index (χ1) is 14.5. The number of piperidine rings is 1. The van der Waals surface area contributed by atoms with Crippen LogP contribution in [0.4, 0.5) is 5.69 Å². The van der Waals surface area contributed by atoms with Gasteiger partial charge in [-0.15, -0.1) is 11.8 Å². The predicted octanol–water partition coefficient (Wildman–Crippen LogP) is 3.62. The number of carbonyl (C=O) groups is 1. The topological polar surface area (TPSA) is 66.9 Å². The molecule has 0 bridgehead atoms. The van der Waals surface area contributed by atoms with Gasteiger partial charge in [0.05, 0.1) is 17.2 Å². The summed E-state index contributed by atoms with van der Waals surface area (Å²) in [7, 11) is -3.57. The number of nitrogens with zero attached hydrogens (tertiary/aromatic N) is 2. The van der Waals surface area contributed by atoms with Gasteiger partial charge in [0.2, 0.25) is 15.9 Å². The number of hydrogen-bond donors (Lipinski definition) is 0. The van der Waals surface area contributed by atoms with Gasteiger partial charge in [0, 0.05) is 36.2 Å². The molecule has 2 aliphatic rings. The summed E-state index contributed by atoms with van der Waals surface area (Å²) in [6.45, 7) is 3.84. The second-order valence-corrected chi connectivity index (χ2v) is 10.5. The van der Waals surface area contributed by atoms with Gasteiger partial charge in [-0.05, 0) is 56.2 Å². The third-order valence-electron chi connectivity index (χ3n) is 5.57. The van der Waals surface area contributed by atoms with Gasteiger partial charge in [-0.1, -0.05) is 12.1 Å². The summed E-state index contributed by atoms with van der Waals surface area (Å²) in [4.78, 5) is 16.5. The van der Waals surface area contributed by atoms with E-state index in [1.807, 2.05) is 36.1 Å². The van der Waals surface area contributed by atoms with Gasteiger partial charge in [0.25, 0.3) is 0 Å². The number of amides is 1. The lowest BCUT2D eigenvalue weighted by molar-refractivity contribution is -0.123. The molecule has 1 saturated heterocycles. The van der Waals surface area contributed by atoms with Gasteiger partial charge in [0.1, 0.15) is 5.75 Å². The van der Waals surface area contributed by atoms with Crippen molar-refractivity contribution in [2.45, 2.75) is 29.6 Å². The van der Waals surface area contributed by atoms with Gasteiger partial charge in [0.15, 0.2) is 0 Å². The van der Waals surface area contributed by atoms with Crippen molar-refractivity contribution in [2.75, 3.05) is 36.9 Å². The molecule has 0 spiro atoms. The number of para-hydroxylation sites is 1. The summed E-state index contributed by atoms with van der Waals surface area (Å²) < 4.78 is 32.9. The highest BCUT2D eigenvalue weighted by Gasteiger charge is 2.35. The molecular weight excluding hydrogens is 420 g/mol. The molecule has 2 heterocycles. The van der Waals surface area contributed by atoms with Gasteiger partial charge in [-0.2, -0.15) is 4.31 Å². The van der Waals surface area contributed by atoms with Crippen molar-refractivity contribution in [1.82, 2.24) is 4.31 Å². The highest BCUT2D eigenvalue weighted by atomic mass is 32.2. The number of anilines is 1. The summed E-state index contributed by atoms with van der Waals surface area (Å²) in [6, 6.07) is 14.5. The molecule has 0 radical (unpaired) electrons. The number of ether oxygens (including phenoxy) is 1. The Bertz CT molecular complexity index is 1000. The van der Waals surface area contributed by atoms with Gasteiger partial charge in [-0.3, -0.25) is 4.79 Å². The van der Waals surface area contributed by atoms with Gasteiger partial charge in [-0.25, -0.2) is 8.42 Å². The molecule has 0 atom stereocenters. The minimum absolute atomic E-state index is 0.112. The van der Waals surface area contributed by atoms with Gasteiger partial charge < -0.3 is 9.64 Å². The van der Waals surface area contributed by atoms with Crippen molar-refractivity contribution in [3.8, 4) is 5.75 Å². The van der Waals surface area contributed by atoms with Crippen molar-refractivity contribution in [3.05, 3.63) is 48.5 Å². The standard InChI is InChI=1S/C22H26N2O4S2/c1-2-28-18-7-9-19(10-8-18)30(26,27)23-13-11-17(12-14-23)22(25)24-15-16-29-21-6-4-3-5-20(21)24/h3-10,17H,2,11-16H2,1H3. The van der Waals surface area contributed by atoms with Crippen LogP contribution in [0.15, 0.2) is 58.3 Å². The lowest BCUT2D eigenvalue weighted by Crippen LogP contribution is -2.45. The zero-order chi connectivity index (χ0) is 21.1. The minimum Gasteiger partial charge on any atom is -0.494 e. The molecule has 0 N–H and O–H groups in total. The second-order valence-electron chi connectivity index (χ2n) is 7.39. The molecule has 2 aromatic carbocycles. The fourth-order valence-corrected chi connectivity index (χ4v) is 6.45. The van der Waals surface area contributed by atoms with Crippen LogP contribution < -0.4 is 9.64 Å². The Morgan fingerprint density at radius 2 is 1.77 bits per heavy atom. The molecule has 2 aliphatic heterocycles. The van der Waals surface area contributed by atoms with E-state index in [0.717, 1.165) is 16.3 Å². The summed E-state index contributed by atoms with van der Waals surface area (Å²) in [5.41, 5.74) is 0.975. The van der Waals surface area contributed by atoms with Crippen molar-refractivity contribution in [2.24, 2.45) is 5.92 Å². The largest absolute Gasteiger partial charge is 0.494 e. The number of hydrogen-bond acceptors (Lipinski definition) is 5. The highest BCUT2D eigenvalue weighted by molar-refractivity contribution is 7.99. The maximum Gasteiger partial charge on any atom is 0.243 e. The normalized spacial score (nSPS) is 18.1. The summed E-state index contributed by atoms with van der Waals surface area (Å²) in [5.74, 6) is 1.50. The lowest BCUT2D eigenvalue weighted by atomic mass is 9.96. The van der Waals surface area contributed by atoms with E-state index in [4.69, 9.17) is 4.74 Å². The predicted molar refractivity (Wildman–Crippen MR) is 119 cm³/mol. The number of sulfonamides is 1. The molecule has 1 fully saturated rings. The maximum absolute atomic E-state index is 13.2. The molecule has 0 aliphatic carbocycles. The van der Waals surface area contributed by atoms with E-state index in [2.05, 4.69) is 0 Å². The van der Waals surface area contributed by atoms with Crippen molar-refractivity contribution < 1.29 is 17.9 Å². The SMILES string of the molecule is CCOc1ccc(S(=O)(=O)N2CCC(C(=O)N3CCSc4ccccc43)CC2)cc1. The molecule has 8 heteroatoms. The number of thioether (sulfide) groups is 1. The van der Waals surface area contributed by atoms with Crippen LogP contribution >= 0.6 is 11.8 Å². The van der Waals surface area contributed by atoms with Crippen molar-refractivity contribution in [1.29, 1.82) is 0 Å².